The van der Waals surface area contributed by atoms with Gasteiger partial charge in [-0.1, -0.05) is 26.8 Å². The van der Waals surface area contributed by atoms with Gasteiger partial charge in [0.1, 0.15) is 17.2 Å². The van der Waals surface area contributed by atoms with Crippen molar-refractivity contribution in [3.8, 4) is 17.2 Å². The number of ether oxygens (including phenoxy) is 3. The molecule has 0 aromatic heterocycles. The summed E-state index contributed by atoms with van der Waals surface area (Å²) in [5.74, 6) is 0.601. The molecule has 12 heteroatoms. The van der Waals surface area contributed by atoms with E-state index >= 15 is 0 Å². The Balaban J connectivity index is 0.00000648. The number of benzene rings is 2. The van der Waals surface area contributed by atoms with Crippen LogP contribution < -0.4 is 19.5 Å². The summed E-state index contributed by atoms with van der Waals surface area (Å²) in [7, 11) is -1.12. The Hall–Kier alpha value is -1.88. The van der Waals surface area contributed by atoms with Gasteiger partial charge >= 0.3 is 31.2 Å². The van der Waals surface area contributed by atoms with E-state index in [0.29, 0.717) is 49.8 Å². The summed E-state index contributed by atoms with van der Waals surface area (Å²) < 4.78 is 98.6. The van der Waals surface area contributed by atoms with Crippen molar-refractivity contribution in [2.75, 3.05) is 19.8 Å². The topological polar surface area (TPSA) is 44.8 Å². The fraction of sp³-hybridized carbons (Fsp3) is 0.458. The van der Waals surface area contributed by atoms with E-state index in [1.54, 1.807) is 0 Å². The first-order chi connectivity index (χ1) is 16.4. The third kappa shape index (κ3) is 8.60. The van der Waals surface area contributed by atoms with Crippen molar-refractivity contribution < 1.29 is 45.3 Å². The summed E-state index contributed by atoms with van der Waals surface area (Å²) in [5, 5.41) is 0.0888. The molecule has 0 fully saturated rings. The van der Waals surface area contributed by atoms with E-state index in [2.05, 4.69) is 0 Å². The quantitative estimate of drug-likeness (QED) is 0.176. The molecule has 0 heterocycles. The normalized spacial score (nSPS) is 11.9. The third-order valence-electron chi connectivity index (χ3n) is 4.58. The van der Waals surface area contributed by atoms with Crippen LogP contribution in [0.15, 0.2) is 30.3 Å². The van der Waals surface area contributed by atoms with E-state index in [1.165, 1.54) is 12.1 Å². The van der Waals surface area contributed by atoms with Crippen molar-refractivity contribution in [1.29, 1.82) is 0 Å². The first kappa shape index (κ1) is 32.1. The number of carbonyl (C=O) groups excluding carboxylic acids is 1. The molecule has 0 amide bonds. The third-order valence-corrected chi connectivity index (χ3v) is 5.80. The molecule has 0 spiro atoms. The van der Waals surface area contributed by atoms with E-state index in [9.17, 15) is 31.1 Å². The molecular formula is C24H28F6LiO4P. The molecule has 2 aromatic carbocycles. The molecule has 0 aliphatic carbocycles. The molecule has 0 saturated carbocycles. The van der Waals surface area contributed by atoms with Gasteiger partial charge in [0.25, 0.3) is 0 Å². The van der Waals surface area contributed by atoms with Gasteiger partial charge in [-0.05, 0) is 40.0 Å². The summed E-state index contributed by atoms with van der Waals surface area (Å²) in [5.41, 5.74) is -6.02. The molecule has 0 N–H and O–H groups in total. The average Bonchev–Trinajstić information content (AvgIpc) is 2.79. The maximum absolute atomic E-state index is 13.6. The predicted octanol–water partition coefficient (Wildman–Crippen LogP) is 6.59. The number of rotatable bonds is 12. The van der Waals surface area contributed by atoms with Crippen LogP contribution in [0.3, 0.4) is 0 Å². The Bertz CT molecular complexity index is 950. The zero-order chi connectivity index (χ0) is 26.2. The summed E-state index contributed by atoms with van der Waals surface area (Å²) in [6.45, 7) is 6.34. The second-order valence-electron chi connectivity index (χ2n) is 7.52. The van der Waals surface area contributed by atoms with E-state index < -0.39 is 43.1 Å². The molecule has 0 radical (unpaired) electrons. The van der Waals surface area contributed by atoms with Crippen LogP contribution in [0.25, 0.3) is 0 Å². The molecule has 1 atom stereocenters. The second-order valence-corrected chi connectivity index (χ2v) is 8.72. The van der Waals surface area contributed by atoms with Crippen LogP contribution in [0.1, 0.15) is 61.5 Å². The summed E-state index contributed by atoms with van der Waals surface area (Å²) >= 11 is 0. The van der Waals surface area contributed by atoms with Gasteiger partial charge in [-0.15, -0.1) is 0 Å². The van der Waals surface area contributed by atoms with E-state index in [4.69, 9.17) is 14.2 Å². The molecule has 2 aromatic rings. The van der Waals surface area contributed by atoms with Crippen molar-refractivity contribution in [2.24, 2.45) is 0 Å². The van der Waals surface area contributed by atoms with Gasteiger partial charge in [0.2, 0.25) is 0 Å². The van der Waals surface area contributed by atoms with E-state index in [0.717, 1.165) is 0 Å². The Morgan fingerprint density at radius 2 is 1.19 bits per heavy atom. The molecule has 4 nitrogen and oxygen atoms in total. The zero-order valence-electron chi connectivity index (χ0n) is 19.5. The van der Waals surface area contributed by atoms with Gasteiger partial charge < -0.3 is 14.2 Å². The van der Waals surface area contributed by atoms with Crippen LogP contribution in [-0.4, -0.2) is 44.2 Å². The molecule has 0 aliphatic heterocycles. The first-order valence-electron chi connectivity index (χ1n) is 11.1. The Kier molecular flexibility index (Phi) is 12.6. The minimum atomic E-state index is -5.16. The maximum atomic E-state index is 13.6. The van der Waals surface area contributed by atoms with Crippen LogP contribution >= 0.6 is 8.58 Å². The SMILES string of the molecule is CCCOc1cc(OCCC)c(PC(=O)c2c(C(F)(F)F)cccc2C(F)(F)F)c(OCCC)c1.[LiH]. The summed E-state index contributed by atoms with van der Waals surface area (Å²) in [6.07, 6.45) is -8.45. The van der Waals surface area contributed by atoms with Crippen LogP contribution in [-0.2, 0) is 12.4 Å². The molecule has 0 bridgehead atoms. The molecular weight excluding hydrogens is 504 g/mol. The Morgan fingerprint density at radius 3 is 1.58 bits per heavy atom. The monoisotopic (exact) mass is 532 g/mol. The summed E-state index contributed by atoms with van der Waals surface area (Å²) in [4.78, 5) is 13.1. The predicted molar refractivity (Wildman–Crippen MR) is 130 cm³/mol. The number of hydrogen-bond donors (Lipinski definition) is 0. The molecule has 36 heavy (non-hydrogen) atoms. The van der Waals surface area contributed by atoms with Gasteiger partial charge in [0.05, 0.1) is 36.3 Å². The van der Waals surface area contributed by atoms with Crippen molar-refractivity contribution >= 4 is 38.3 Å². The first-order valence-corrected chi connectivity index (χ1v) is 12.1. The van der Waals surface area contributed by atoms with Gasteiger partial charge in [-0.25, -0.2) is 0 Å². The number of carbonyl (C=O) groups is 1. The summed E-state index contributed by atoms with van der Waals surface area (Å²) in [6, 6.07) is 4.52. The van der Waals surface area contributed by atoms with Crippen molar-refractivity contribution in [3.63, 3.8) is 0 Å². The minimum absolute atomic E-state index is 0. The number of hydrogen-bond acceptors (Lipinski definition) is 4. The molecule has 2 rings (SSSR count). The van der Waals surface area contributed by atoms with E-state index in [1.807, 2.05) is 20.8 Å². The van der Waals surface area contributed by atoms with Crippen molar-refractivity contribution in [3.05, 3.63) is 47.0 Å². The standard InChI is InChI=1S/C24H27F6O4P.Li.H/c1-4-10-32-15-13-18(33-11-5-2)21(19(14-15)34-12-6-3)35-22(31)20-16(23(25,26)27)8-7-9-17(20)24(28,29)30;;/h7-9,13-14,35H,4-6,10-12H2,1-3H3;;. The second kappa shape index (κ2) is 14.2. The van der Waals surface area contributed by atoms with Gasteiger partial charge in [0, 0.05) is 17.7 Å². The fourth-order valence-electron chi connectivity index (χ4n) is 3.09. The van der Waals surface area contributed by atoms with Crippen molar-refractivity contribution in [2.45, 2.75) is 52.4 Å². The van der Waals surface area contributed by atoms with Crippen LogP contribution in [0.2, 0.25) is 0 Å². The Labute approximate surface area is 220 Å². The van der Waals surface area contributed by atoms with Gasteiger partial charge in [-0.3, -0.25) is 4.79 Å². The Morgan fingerprint density at radius 1 is 0.778 bits per heavy atom. The zero-order valence-corrected chi connectivity index (χ0v) is 20.5. The number of halogens is 6. The molecule has 0 saturated heterocycles. The molecule has 0 aliphatic rings. The fourth-order valence-corrected chi connectivity index (χ4v) is 4.25. The van der Waals surface area contributed by atoms with Gasteiger partial charge in [0.15, 0.2) is 5.52 Å². The van der Waals surface area contributed by atoms with Crippen molar-refractivity contribution in [1.82, 2.24) is 0 Å². The van der Waals surface area contributed by atoms with Gasteiger partial charge in [-0.2, -0.15) is 26.3 Å². The molecule has 196 valence electrons. The van der Waals surface area contributed by atoms with Crippen LogP contribution in [0.5, 0.6) is 17.2 Å². The molecule has 1 unspecified atom stereocenters. The van der Waals surface area contributed by atoms with Crippen LogP contribution in [0, 0.1) is 0 Å². The van der Waals surface area contributed by atoms with Crippen LogP contribution in [0.4, 0.5) is 26.3 Å². The number of alkyl halides is 6. The van der Waals surface area contributed by atoms with E-state index in [-0.39, 0.29) is 48.9 Å². The average molecular weight is 532 g/mol.